The van der Waals surface area contributed by atoms with E-state index in [2.05, 4.69) is 10.6 Å². The highest BCUT2D eigenvalue weighted by molar-refractivity contribution is 7.89. The van der Waals surface area contributed by atoms with Gasteiger partial charge in [0, 0.05) is 37.6 Å². The third kappa shape index (κ3) is 4.16. The van der Waals surface area contributed by atoms with E-state index in [1.165, 1.54) is 31.3 Å². The highest BCUT2D eigenvalue weighted by Gasteiger charge is 2.23. The van der Waals surface area contributed by atoms with Crippen LogP contribution in [0.5, 0.6) is 0 Å². The SMILES string of the molecule is CN(CC(=O)NCC1CNC1)S(=O)(=O)c1ccc(Cl)cc1. The smallest absolute Gasteiger partial charge is 0.243 e. The molecular weight excluding hydrogens is 314 g/mol. The van der Waals surface area contributed by atoms with Crippen molar-refractivity contribution in [2.24, 2.45) is 5.92 Å². The molecule has 0 saturated carbocycles. The lowest BCUT2D eigenvalue weighted by Crippen LogP contribution is -2.49. The molecule has 6 nitrogen and oxygen atoms in total. The zero-order chi connectivity index (χ0) is 15.5. The number of nitrogens with one attached hydrogen (secondary N) is 2. The maximum absolute atomic E-state index is 12.3. The van der Waals surface area contributed by atoms with Crippen molar-refractivity contribution in [3.8, 4) is 0 Å². The minimum absolute atomic E-state index is 0.116. The second kappa shape index (κ2) is 6.74. The summed E-state index contributed by atoms with van der Waals surface area (Å²) in [5, 5.41) is 6.31. The van der Waals surface area contributed by atoms with E-state index in [9.17, 15) is 13.2 Å². The molecule has 0 aliphatic carbocycles. The van der Waals surface area contributed by atoms with Crippen LogP contribution >= 0.6 is 11.6 Å². The zero-order valence-electron chi connectivity index (χ0n) is 11.7. The molecule has 0 radical (unpaired) electrons. The van der Waals surface area contributed by atoms with Gasteiger partial charge in [0.15, 0.2) is 0 Å². The minimum Gasteiger partial charge on any atom is -0.355 e. The fraction of sp³-hybridized carbons (Fsp3) is 0.462. The van der Waals surface area contributed by atoms with Crippen molar-refractivity contribution in [3.05, 3.63) is 29.3 Å². The third-order valence-electron chi connectivity index (χ3n) is 3.34. The molecule has 1 aromatic rings. The van der Waals surface area contributed by atoms with Crippen molar-refractivity contribution in [2.45, 2.75) is 4.90 Å². The first-order valence-electron chi connectivity index (χ1n) is 6.59. The molecule has 21 heavy (non-hydrogen) atoms. The number of rotatable bonds is 6. The fourth-order valence-corrected chi connectivity index (χ4v) is 3.13. The van der Waals surface area contributed by atoms with Crippen molar-refractivity contribution in [3.63, 3.8) is 0 Å². The first kappa shape index (κ1) is 16.2. The molecule has 1 saturated heterocycles. The van der Waals surface area contributed by atoms with Gasteiger partial charge in [0.25, 0.3) is 0 Å². The van der Waals surface area contributed by atoms with Gasteiger partial charge in [-0.25, -0.2) is 8.42 Å². The van der Waals surface area contributed by atoms with Gasteiger partial charge in [-0.05, 0) is 24.3 Å². The molecule has 1 amide bonds. The van der Waals surface area contributed by atoms with Gasteiger partial charge >= 0.3 is 0 Å². The number of nitrogens with zero attached hydrogens (tertiary/aromatic N) is 1. The Kier molecular flexibility index (Phi) is 5.21. The maximum atomic E-state index is 12.3. The number of hydrogen-bond acceptors (Lipinski definition) is 4. The van der Waals surface area contributed by atoms with Crippen molar-refractivity contribution in [1.29, 1.82) is 0 Å². The summed E-state index contributed by atoms with van der Waals surface area (Å²) in [6.07, 6.45) is 0. The van der Waals surface area contributed by atoms with Crippen LogP contribution in [0.15, 0.2) is 29.2 Å². The molecule has 1 aromatic carbocycles. The molecule has 0 aromatic heterocycles. The van der Waals surface area contributed by atoms with E-state index in [0.717, 1.165) is 17.4 Å². The van der Waals surface area contributed by atoms with Gasteiger partial charge in [-0.3, -0.25) is 4.79 Å². The van der Waals surface area contributed by atoms with Crippen LogP contribution in [-0.2, 0) is 14.8 Å². The van der Waals surface area contributed by atoms with Crippen LogP contribution in [0.2, 0.25) is 5.02 Å². The van der Waals surface area contributed by atoms with Crippen LogP contribution in [-0.4, -0.2) is 51.9 Å². The van der Waals surface area contributed by atoms with E-state index in [-0.39, 0.29) is 17.3 Å². The van der Waals surface area contributed by atoms with E-state index in [1.807, 2.05) is 0 Å². The second-order valence-corrected chi connectivity index (χ2v) is 7.52. The number of likely N-dealkylation sites (N-methyl/N-ethyl adjacent to an activating group) is 1. The molecule has 2 N–H and O–H groups in total. The number of sulfonamides is 1. The van der Waals surface area contributed by atoms with Gasteiger partial charge in [0.05, 0.1) is 11.4 Å². The number of carbonyl (C=O) groups is 1. The average Bonchev–Trinajstić information content (AvgIpc) is 2.37. The molecule has 0 atom stereocenters. The van der Waals surface area contributed by atoms with Crippen LogP contribution in [0.4, 0.5) is 0 Å². The molecule has 8 heteroatoms. The summed E-state index contributed by atoms with van der Waals surface area (Å²) in [7, 11) is -2.30. The van der Waals surface area contributed by atoms with E-state index >= 15 is 0 Å². The predicted octanol–water partition coefficient (Wildman–Crippen LogP) is 0.296. The van der Waals surface area contributed by atoms with E-state index < -0.39 is 10.0 Å². The zero-order valence-corrected chi connectivity index (χ0v) is 13.2. The normalized spacial score (nSPS) is 15.8. The summed E-state index contributed by atoms with van der Waals surface area (Å²) >= 11 is 5.74. The summed E-state index contributed by atoms with van der Waals surface area (Å²) < 4.78 is 25.6. The van der Waals surface area contributed by atoms with Crippen molar-refractivity contribution in [2.75, 3.05) is 33.2 Å². The van der Waals surface area contributed by atoms with Crippen molar-refractivity contribution >= 4 is 27.5 Å². The molecular formula is C13H18ClN3O3S. The van der Waals surface area contributed by atoms with E-state index in [1.54, 1.807) is 0 Å². The molecule has 1 aliphatic rings. The molecule has 0 spiro atoms. The van der Waals surface area contributed by atoms with Crippen LogP contribution in [0, 0.1) is 5.92 Å². The molecule has 1 fully saturated rings. The monoisotopic (exact) mass is 331 g/mol. The summed E-state index contributed by atoms with van der Waals surface area (Å²) in [5.74, 6) is 0.133. The molecule has 116 valence electrons. The Morgan fingerprint density at radius 3 is 2.52 bits per heavy atom. The first-order chi connectivity index (χ1) is 9.89. The van der Waals surface area contributed by atoms with Crippen LogP contribution in [0.3, 0.4) is 0 Å². The summed E-state index contributed by atoms with van der Waals surface area (Å²) in [4.78, 5) is 11.9. The van der Waals surface area contributed by atoms with Gasteiger partial charge in [-0.2, -0.15) is 4.31 Å². The van der Waals surface area contributed by atoms with Gasteiger partial charge in [-0.15, -0.1) is 0 Å². The van der Waals surface area contributed by atoms with Crippen molar-refractivity contribution < 1.29 is 13.2 Å². The number of benzene rings is 1. The lowest BCUT2D eigenvalue weighted by molar-refractivity contribution is -0.121. The number of hydrogen-bond donors (Lipinski definition) is 2. The van der Waals surface area contributed by atoms with E-state index in [0.29, 0.717) is 17.5 Å². The third-order valence-corrected chi connectivity index (χ3v) is 5.41. The Bertz CT molecular complexity index is 600. The Morgan fingerprint density at radius 2 is 2.00 bits per heavy atom. The van der Waals surface area contributed by atoms with Crippen LogP contribution in [0.25, 0.3) is 0 Å². The standard InChI is InChI=1S/C13H18ClN3O3S/c1-17(9-13(18)16-8-10-6-15-7-10)21(19,20)12-4-2-11(14)3-5-12/h2-5,10,15H,6-9H2,1H3,(H,16,18). The minimum atomic E-state index is -3.68. The Morgan fingerprint density at radius 1 is 1.38 bits per heavy atom. The van der Waals surface area contributed by atoms with E-state index in [4.69, 9.17) is 11.6 Å². The first-order valence-corrected chi connectivity index (χ1v) is 8.40. The molecule has 2 rings (SSSR count). The molecule has 0 unspecified atom stereocenters. The quantitative estimate of drug-likeness (QED) is 0.785. The van der Waals surface area contributed by atoms with Gasteiger partial charge in [0.2, 0.25) is 15.9 Å². The average molecular weight is 332 g/mol. The topological polar surface area (TPSA) is 78.5 Å². The highest BCUT2D eigenvalue weighted by Crippen LogP contribution is 2.17. The number of halogens is 1. The highest BCUT2D eigenvalue weighted by atomic mass is 35.5. The Labute approximate surface area is 129 Å². The number of carbonyl (C=O) groups excluding carboxylic acids is 1. The summed E-state index contributed by atoms with van der Waals surface area (Å²) in [5.41, 5.74) is 0. The maximum Gasteiger partial charge on any atom is 0.243 e. The molecule has 1 aliphatic heterocycles. The summed E-state index contributed by atoms with van der Waals surface area (Å²) in [6.45, 7) is 2.14. The Hall–Kier alpha value is -1.15. The second-order valence-electron chi connectivity index (χ2n) is 5.04. The Balaban J connectivity index is 1.92. The van der Waals surface area contributed by atoms with Crippen LogP contribution in [0.1, 0.15) is 0 Å². The molecule has 0 bridgehead atoms. The lowest BCUT2D eigenvalue weighted by Gasteiger charge is -2.27. The van der Waals surface area contributed by atoms with Crippen LogP contribution < -0.4 is 10.6 Å². The number of amides is 1. The largest absolute Gasteiger partial charge is 0.355 e. The van der Waals surface area contributed by atoms with Crippen molar-refractivity contribution in [1.82, 2.24) is 14.9 Å². The van der Waals surface area contributed by atoms with Gasteiger partial charge in [-0.1, -0.05) is 11.6 Å². The fourth-order valence-electron chi connectivity index (χ4n) is 1.88. The lowest BCUT2D eigenvalue weighted by atomic mass is 10.0. The summed E-state index contributed by atoms with van der Waals surface area (Å²) in [6, 6.07) is 5.86. The van der Waals surface area contributed by atoms with Gasteiger partial charge < -0.3 is 10.6 Å². The van der Waals surface area contributed by atoms with Gasteiger partial charge in [0.1, 0.15) is 0 Å². The predicted molar refractivity (Wildman–Crippen MR) is 80.6 cm³/mol. The molecule has 1 heterocycles.